The van der Waals surface area contributed by atoms with Crippen LogP contribution >= 0.6 is 0 Å². The second kappa shape index (κ2) is 3.86. The normalized spacial score (nSPS) is 13.4. The second-order valence-corrected chi connectivity index (χ2v) is 1.40. The fraction of sp³-hybridized carbons (Fsp3) is 0.167. The van der Waals surface area contributed by atoms with Gasteiger partial charge in [0.2, 0.25) is 0 Å². The van der Waals surface area contributed by atoms with Crippen LogP contribution in [0.15, 0.2) is 24.8 Å². The van der Waals surface area contributed by atoms with E-state index >= 15 is 0 Å². The summed E-state index contributed by atoms with van der Waals surface area (Å²) in [5, 5.41) is 18.3. The van der Waals surface area contributed by atoms with Crippen molar-refractivity contribution in [1.82, 2.24) is 0 Å². The Bertz CT molecular complexity index is 137. The lowest BCUT2D eigenvalue weighted by Gasteiger charge is -1.90. The minimum Gasteiger partial charge on any atom is -0.385 e. The van der Waals surface area contributed by atoms with Crippen LogP contribution < -0.4 is 0 Å². The van der Waals surface area contributed by atoms with E-state index in [0.29, 0.717) is 0 Å². The fourth-order valence-corrected chi connectivity index (χ4v) is 0.256. The van der Waals surface area contributed by atoms with Crippen molar-refractivity contribution in [1.29, 1.82) is 0 Å². The summed E-state index contributed by atoms with van der Waals surface area (Å²) in [7, 11) is 0. The Hall–Kier alpha value is -1.09. The molecule has 0 aliphatic heterocycles. The highest BCUT2D eigenvalue weighted by Gasteiger charge is 1.92. The van der Waals surface area contributed by atoms with Gasteiger partial charge in [0.15, 0.2) is 0 Å². The number of rotatable bonds is 3. The van der Waals surface area contributed by atoms with Gasteiger partial charge in [-0.25, -0.2) is 9.90 Å². The molecule has 0 saturated heterocycles. The minimum absolute atomic E-state index is 0.756. The lowest BCUT2D eigenvalue weighted by atomic mass is 10.3. The van der Waals surface area contributed by atoms with E-state index in [2.05, 4.69) is 6.58 Å². The summed E-state index contributed by atoms with van der Waals surface area (Å²) in [4.78, 5) is 9.68. The lowest BCUT2D eigenvalue weighted by molar-refractivity contribution is -0.137. The SMILES string of the molecule is C=CC(O)C=CC([O])=O. The van der Waals surface area contributed by atoms with Crippen molar-refractivity contribution in [2.45, 2.75) is 6.10 Å². The summed E-state index contributed by atoms with van der Waals surface area (Å²) in [5.74, 6) is -1.32. The summed E-state index contributed by atoms with van der Waals surface area (Å²) in [6, 6.07) is 0. The smallest absolute Gasteiger partial charge is 0.378 e. The van der Waals surface area contributed by atoms with Crippen molar-refractivity contribution in [3.63, 3.8) is 0 Å². The maximum Gasteiger partial charge on any atom is 0.378 e. The Morgan fingerprint density at radius 1 is 1.67 bits per heavy atom. The standard InChI is InChI=1S/C6H7O3/c1-2-5(7)3-4-6(8)9/h2-5,7H,1H2. The molecule has 0 saturated carbocycles. The molecule has 0 bridgehead atoms. The number of hydrogen-bond acceptors (Lipinski definition) is 2. The molecule has 0 aromatic rings. The highest BCUT2D eigenvalue weighted by atomic mass is 16.4. The molecule has 1 radical (unpaired) electrons. The number of aliphatic hydroxyl groups excluding tert-OH is 1. The average molecular weight is 127 g/mol. The third-order valence-electron chi connectivity index (χ3n) is 0.671. The van der Waals surface area contributed by atoms with E-state index in [-0.39, 0.29) is 0 Å². The Morgan fingerprint density at radius 2 is 2.22 bits per heavy atom. The zero-order valence-corrected chi connectivity index (χ0v) is 4.78. The molecule has 0 aliphatic rings. The topological polar surface area (TPSA) is 57.2 Å². The molecule has 1 N–H and O–H groups in total. The minimum atomic E-state index is -1.32. The first-order chi connectivity index (χ1) is 4.16. The van der Waals surface area contributed by atoms with Gasteiger partial charge >= 0.3 is 5.97 Å². The van der Waals surface area contributed by atoms with E-state index in [1.807, 2.05) is 0 Å². The van der Waals surface area contributed by atoms with E-state index in [4.69, 9.17) is 5.11 Å². The molecule has 0 fully saturated rings. The van der Waals surface area contributed by atoms with Gasteiger partial charge in [-0.3, -0.25) is 0 Å². The van der Waals surface area contributed by atoms with E-state index in [1.165, 1.54) is 6.08 Å². The zero-order valence-electron chi connectivity index (χ0n) is 4.78. The van der Waals surface area contributed by atoms with Crippen LogP contribution in [0.25, 0.3) is 0 Å². The molecule has 0 amide bonds. The molecule has 0 aromatic heterocycles. The summed E-state index contributed by atoms with van der Waals surface area (Å²) in [6.07, 6.45) is 2.14. The van der Waals surface area contributed by atoms with Gasteiger partial charge in [0, 0.05) is 6.08 Å². The van der Waals surface area contributed by atoms with E-state index in [0.717, 1.165) is 12.2 Å². The molecule has 0 aromatic carbocycles. The number of carbonyl (C=O) groups is 1. The van der Waals surface area contributed by atoms with Crippen LogP contribution in [-0.2, 0) is 9.90 Å². The van der Waals surface area contributed by atoms with Crippen LogP contribution in [0.5, 0.6) is 0 Å². The quantitative estimate of drug-likeness (QED) is 0.430. The summed E-state index contributed by atoms with van der Waals surface area (Å²) >= 11 is 0. The number of aliphatic hydroxyl groups is 1. The Kier molecular flexibility index (Phi) is 3.39. The largest absolute Gasteiger partial charge is 0.385 e. The maximum absolute atomic E-state index is 9.68. The van der Waals surface area contributed by atoms with Crippen molar-refractivity contribution in [2.24, 2.45) is 0 Å². The molecular weight excluding hydrogens is 120 g/mol. The molecule has 0 rings (SSSR count). The van der Waals surface area contributed by atoms with Crippen molar-refractivity contribution >= 4 is 5.97 Å². The third kappa shape index (κ3) is 4.77. The Labute approximate surface area is 52.9 Å². The predicted molar refractivity (Wildman–Crippen MR) is 31.0 cm³/mol. The summed E-state index contributed by atoms with van der Waals surface area (Å²) in [6.45, 7) is 3.22. The van der Waals surface area contributed by atoms with Gasteiger partial charge in [0.05, 0.1) is 6.10 Å². The van der Waals surface area contributed by atoms with Crippen molar-refractivity contribution < 1.29 is 15.0 Å². The van der Waals surface area contributed by atoms with Crippen LogP contribution in [0.2, 0.25) is 0 Å². The van der Waals surface area contributed by atoms with Gasteiger partial charge in [0.25, 0.3) is 0 Å². The van der Waals surface area contributed by atoms with Crippen molar-refractivity contribution in [3.05, 3.63) is 24.8 Å². The van der Waals surface area contributed by atoms with Crippen molar-refractivity contribution in [2.75, 3.05) is 0 Å². The molecule has 3 nitrogen and oxygen atoms in total. The zero-order chi connectivity index (χ0) is 7.28. The first-order valence-electron chi connectivity index (χ1n) is 2.36. The van der Waals surface area contributed by atoms with Crippen molar-refractivity contribution in [3.8, 4) is 0 Å². The number of carbonyl (C=O) groups excluding carboxylic acids is 1. The van der Waals surface area contributed by atoms with Gasteiger partial charge < -0.3 is 5.11 Å². The van der Waals surface area contributed by atoms with Gasteiger partial charge in [-0.2, -0.15) is 0 Å². The lowest BCUT2D eigenvalue weighted by Crippen LogP contribution is -1.96. The maximum atomic E-state index is 9.68. The monoisotopic (exact) mass is 127 g/mol. The van der Waals surface area contributed by atoms with E-state index in [9.17, 15) is 9.90 Å². The first-order valence-corrected chi connectivity index (χ1v) is 2.36. The molecule has 0 aliphatic carbocycles. The number of hydrogen-bond donors (Lipinski definition) is 1. The van der Waals surface area contributed by atoms with Gasteiger partial charge in [-0.1, -0.05) is 6.08 Å². The average Bonchev–Trinajstić information content (AvgIpc) is 1.83. The molecule has 9 heavy (non-hydrogen) atoms. The molecule has 1 atom stereocenters. The van der Waals surface area contributed by atoms with Gasteiger partial charge in [-0.15, -0.1) is 6.58 Å². The molecule has 3 heteroatoms. The van der Waals surface area contributed by atoms with E-state index in [1.54, 1.807) is 0 Å². The van der Waals surface area contributed by atoms with Crippen LogP contribution in [0.3, 0.4) is 0 Å². The van der Waals surface area contributed by atoms with Gasteiger partial charge in [0.1, 0.15) is 0 Å². The molecule has 0 spiro atoms. The molecule has 1 unspecified atom stereocenters. The van der Waals surface area contributed by atoms with Crippen LogP contribution in [0.1, 0.15) is 0 Å². The Balaban J connectivity index is 3.69. The van der Waals surface area contributed by atoms with Crippen LogP contribution in [-0.4, -0.2) is 17.2 Å². The predicted octanol–water partition coefficient (Wildman–Crippen LogP) is 0.0466. The molecular formula is C6H7O3. The van der Waals surface area contributed by atoms with Gasteiger partial charge in [-0.05, 0) is 6.08 Å². The summed E-state index contributed by atoms with van der Waals surface area (Å²) < 4.78 is 0. The summed E-state index contributed by atoms with van der Waals surface area (Å²) in [5.41, 5.74) is 0. The molecule has 49 valence electrons. The van der Waals surface area contributed by atoms with Crippen LogP contribution in [0.4, 0.5) is 0 Å². The third-order valence-corrected chi connectivity index (χ3v) is 0.671. The second-order valence-electron chi connectivity index (χ2n) is 1.40. The van der Waals surface area contributed by atoms with Crippen LogP contribution in [0, 0.1) is 0 Å². The Morgan fingerprint density at radius 3 is 2.56 bits per heavy atom. The molecule has 0 heterocycles. The fourth-order valence-electron chi connectivity index (χ4n) is 0.256. The highest BCUT2D eigenvalue weighted by Crippen LogP contribution is 1.85. The first kappa shape index (κ1) is 7.91. The highest BCUT2D eigenvalue weighted by molar-refractivity contribution is 5.79. The van der Waals surface area contributed by atoms with E-state index < -0.39 is 12.1 Å².